The van der Waals surface area contributed by atoms with Crippen molar-refractivity contribution in [3.63, 3.8) is 0 Å². The van der Waals surface area contributed by atoms with Gasteiger partial charge in [-0.3, -0.25) is 4.98 Å². The average molecular weight is 329 g/mol. The lowest BCUT2D eigenvalue weighted by atomic mass is 10.0. The molecule has 0 unspecified atom stereocenters. The number of carbonyl (C=O) groups excluding carboxylic acids is 1. The van der Waals surface area contributed by atoms with Crippen molar-refractivity contribution < 1.29 is 9.53 Å². The molecule has 0 fully saturated rings. The topological polar surface area (TPSA) is 67.9 Å². The van der Waals surface area contributed by atoms with Crippen LogP contribution in [0.15, 0.2) is 67.0 Å². The monoisotopic (exact) mass is 329 g/mol. The van der Waals surface area contributed by atoms with Gasteiger partial charge in [0.1, 0.15) is 11.3 Å². The van der Waals surface area contributed by atoms with Crippen molar-refractivity contribution in [2.75, 3.05) is 7.11 Å². The summed E-state index contributed by atoms with van der Waals surface area (Å²) in [6, 6.07) is 17.3. The van der Waals surface area contributed by atoms with Crippen LogP contribution >= 0.6 is 0 Å². The largest absolute Gasteiger partial charge is 0.465 e. The van der Waals surface area contributed by atoms with Crippen LogP contribution in [-0.4, -0.2) is 28.0 Å². The zero-order valence-corrected chi connectivity index (χ0v) is 13.6. The summed E-state index contributed by atoms with van der Waals surface area (Å²) >= 11 is 0. The van der Waals surface area contributed by atoms with E-state index in [0.29, 0.717) is 5.56 Å². The fourth-order valence-electron chi connectivity index (χ4n) is 2.76. The maximum atomic E-state index is 11.7. The Kier molecular flexibility index (Phi) is 3.74. The van der Waals surface area contributed by atoms with E-state index >= 15 is 0 Å². The fourth-order valence-corrected chi connectivity index (χ4v) is 2.76. The Labute approximate surface area is 144 Å². The molecular formula is C20H15N3O2. The lowest BCUT2D eigenvalue weighted by molar-refractivity contribution is 0.0601. The first kappa shape index (κ1) is 15.1. The summed E-state index contributed by atoms with van der Waals surface area (Å²) in [6.07, 6.45) is 3.48. The molecule has 0 saturated carbocycles. The van der Waals surface area contributed by atoms with Gasteiger partial charge in [0.05, 0.1) is 24.4 Å². The number of esters is 1. The number of hydrogen-bond donors (Lipinski definition) is 1. The number of imidazole rings is 1. The van der Waals surface area contributed by atoms with Gasteiger partial charge in [-0.2, -0.15) is 0 Å². The zero-order chi connectivity index (χ0) is 17.2. The molecule has 1 N–H and O–H groups in total. The number of H-pyrrole nitrogens is 1. The smallest absolute Gasteiger partial charge is 0.337 e. The van der Waals surface area contributed by atoms with Crippen molar-refractivity contribution >= 4 is 17.0 Å². The van der Waals surface area contributed by atoms with E-state index in [0.717, 1.165) is 33.5 Å². The maximum Gasteiger partial charge on any atom is 0.337 e. The third kappa shape index (κ3) is 2.87. The van der Waals surface area contributed by atoms with Crippen molar-refractivity contribution in [1.82, 2.24) is 15.0 Å². The molecule has 4 aromatic rings. The molecule has 2 heterocycles. The summed E-state index contributed by atoms with van der Waals surface area (Å²) in [6.45, 7) is 0. The van der Waals surface area contributed by atoms with Gasteiger partial charge >= 0.3 is 5.97 Å². The number of rotatable bonds is 3. The van der Waals surface area contributed by atoms with Gasteiger partial charge in [0, 0.05) is 11.8 Å². The molecular weight excluding hydrogens is 314 g/mol. The second-order valence-electron chi connectivity index (χ2n) is 5.63. The number of pyridine rings is 1. The van der Waals surface area contributed by atoms with Crippen molar-refractivity contribution in [2.45, 2.75) is 0 Å². The highest BCUT2D eigenvalue weighted by atomic mass is 16.5. The Hall–Kier alpha value is -3.47. The molecule has 0 aliphatic carbocycles. The van der Waals surface area contributed by atoms with E-state index < -0.39 is 0 Å². The molecule has 5 nitrogen and oxygen atoms in total. The lowest BCUT2D eigenvalue weighted by Crippen LogP contribution is -2.00. The number of carbonyl (C=O) groups is 1. The van der Waals surface area contributed by atoms with E-state index in [-0.39, 0.29) is 5.97 Å². The van der Waals surface area contributed by atoms with Gasteiger partial charge in [0.25, 0.3) is 0 Å². The lowest BCUT2D eigenvalue weighted by Gasteiger charge is -2.05. The maximum absolute atomic E-state index is 11.7. The number of nitrogens with zero attached hydrogens (tertiary/aromatic N) is 2. The van der Waals surface area contributed by atoms with Gasteiger partial charge in [-0.15, -0.1) is 0 Å². The normalized spacial score (nSPS) is 10.8. The minimum Gasteiger partial charge on any atom is -0.465 e. The average Bonchev–Trinajstić information content (AvgIpc) is 3.12. The van der Waals surface area contributed by atoms with Gasteiger partial charge in [0.15, 0.2) is 0 Å². The van der Waals surface area contributed by atoms with Gasteiger partial charge in [0.2, 0.25) is 0 Å². The summed E-state index contributed by atoms with van der Waals surface area (Å²) in [4.78, 5) is 23.6. The van der Waals surface area contributed by atoms with Gasteiger partial charge in [-0.1, -0.05) is 36.4 Å². The molecule has 4 rings (SSSR count). The predicted octanol–water partition coefficient (Wildman–Crippen LogP) is 4.08. The van der Waals surface area contributed by atoms with Crippen LogP contribution < -0.4 is 0 Å². The number of ether oxygens (including phenoxy) is 1. The Morgan fingerprint density at radius 1 is 1.00 bits per heavy atom. The van der Waals surface area contributed by atoms with E-state index in [1.807, 2.05) is 48.5 Å². The molecule has 0 spiro atoms. The molecule has 5 heteroatoms. The quantitative estimate of drug-likeness (QED) is 0.575. The highest BCUT2D eigenvalue weighted by Gasteiger charge is 2.08. The zero-order valence-electron chi connectivity index (χ0n) is 13.6. The molecule has 0 amide bonds. The minimum atomic E-state index is -0.339. The van der Waals surface area contributed by atoms with Gasteiger partial charge < -0.3 is 9.72 Å². The molecule has 0 aliphatic rings. The second kappa shape index (κ2) is 6.20. The van der Waals surface area contributed by atoms with Crippen LogP contribution in [0, 0.1) is 0 Å². The van der Waals surface area contributed by atoms with Gasteiger partial charge in [-0.25, -0.2) is 9.78 Å². The molecule has 25 heavy (non-hydrogen) atoms. The summed E-state index contributed by atoms with van der Waals surface area (Å²) in [5, 5.41) is 0. The van der Waals surface area contributed by atoms with E-state index in [1.165, 1.54) is 7.11 Å². The molecule has 122 valence electrons. The number of aromatic nitrogens is 3. The van der Waals surface area contributed by atoms with Crippen LogP contribution in [0.1, 0.15) is 10.4 Å². The number of methoxy groups -OCH3 is 1. The van der Waals surface area contributed by atoms with Crippen molar-refractivity contribution in [3.05, 3.63) is 72.6 Å². The first-order valence-corrected chi connectivity index (χ1v) is 7.83. The Morgan fingerprint density at radius 3 is 2.56 bits per heavy atom. The molecule has 0 atom stereocenters. The third-order valence-corrected chi connectivity index (χ3v) is 4.06. The van der Waals surface area contributed by atoms with E-state index in [1.54, 1.807) is 18.5 Å². The number of fused-ring (bicyclic) bond motifs is 1. The Bertz CT molecular complexity index is 1020. The fraction of sp³-hybridized carbons (Fsp3) is 0.0500. The minimum absolute atomic E-state index is 0.339. The highest BCUT2D eigenvalue weighted by Crippen LogP contribution is 2.25. The summed E-state index contributed by atoms with van der Waals surface area (Å²) < 4.78 is 4.78. The molecule has 2 aromatic carbocycles. The SMILES string of the molecule is COC(=O)c1cccc(-c2ccc(-c3nc4cnccc4[nH]3)cc2)c1. The van der Waals surface area contributed by atoms with Crippen molar-refractivity contribution in [2.24, 2.45) is 0 Å². The number of benzene rings is 2. The number of aromatic amines is 1. The summed E-state index contributed by atoms with van der Waals surface area (Å²) in [7, 11) is 1.38. The van der Waals surface area contributed by atoms with Crippen LogP contribution in [0.3, 0.4) is 0 Å². The van der Waals surface area contributed by atoms with E-state index in [2.05, 4.69) is 15.0 Å². The van der Waals surface area contributed by atoms with Crippen molar-refractivity contribution in [3.8, 4) is 22.5 Å². The van der Waals surface area contributed by atoms with Crippen LogP contribution in [0.4, 0.5) is 0 Å². The standard InChI is InChI=1S/C20H15N3O2/c1-25-20(24)16-4-2-3-15(11-16)13-5-7-14(8-6-13)19-22-17-9-10-21-12-18(17)23-19/h2-12H,1H3,(H,22,23). The molecule has 2 aromatic heterocycles. The number of nitrogens with one attached hydrogen (secondary N) is 1. The predicted molar refractivity (Wildman–Crippen MR) is 96.1 cm³/mol. The molecule has 0 bridgehead atoms. The summed E-state index contributed by atoms with van der Waals surface area (Å²) in [5.74, 6) is 0.465. The van der Waals surface area contributed by atoms with Crippen LogP contribution in [0.25, 0.3) is 33.5 Å². The van der Waals surface area contributed by atoms with Crippen molar-refractivity contribution in [1.29, 1.82) is 0 Å². The first-order valence-electron chi connectivity index (χ1n) is 7.83. The Morgan fingerprint density at radius 2 is 1.80 bits per heavy atom. The van der Waals surface area contributed by atoms with E-state index in [9.17, 15) is 4.79 Å². The highest BCUT2D eigenvalue weighted by molar-refractivity contribution is 5.91. The molecule has 0 saturated heterocycles. The van der Waals surface area contributed by atoms with Crippen LogP contribution in [0.5, 0.6) is 0 Å². The first-order chi connectivity index (χ1) is 12.2. The second-order valence-corrected chi connectivity index (χ2v) is 5.63. The number of hydrogen-bond acceptors (Lipinski definition) is 4. The van der Waals surface area contributed by atoms with Crippen LogP contribution in [-0.2, 0) is 4.74 Å². The molecule has 0 aliphatic heterocycles. The molecule has 0 radical (unpaired) electrons. The summed E-state index contributed by atoms with van der Waals surface area (Å²) in [5.41, 5.74) is 5.31. The van der Waals surface area contributed by atoms with Gasteiger partial charge in [-0.05, 0) is 29.3 Å². The Balaban J connectivity index is 1.67. The third-order valence-electron chi connectivity index (χ3n) is 4.06. The van der Waals surface area contributed by atoms with E-state index in [4.69, 9.17) is 4.74 Å². The van der Waals surface area contributed by atoms with Crippen LogP contribution in [0.2, 0.25) is 0 Å².